The summed E-state index contributed by atoms with van der Waals surface area (Å²) >= 11 is 0. The average molecular weight is 313 g/mol. The first-order chi connectivity index (χ1) is 10.2. The molecule has 1 aliphatic carbocycles. The van der Waals surface area contributed by atoms with E-state index >= 15 is 0 Å². The molecule has 4 rings (SSSR count). The third-order valence-electron chi connectivity index (χ3n) is 7.45. The summed E-state index contributed by atoms with van der Waals surface area (Å²) in [5.41, 5.74) is 7.77. The Bertz CT molecular complexity index is 652. The van der Waals surface area contributed by atoms with Gasteiger partial charge in [-0.3, -0.25) is 0 Å². The van der Waals surface area contributed by atoms with Gasteiger partial charge in [-0.15, -0.1) is 0 Å². The quantitative estimate of drug-likeness (QED) is 0.553. The second kappa shape index (κ2) is 4.29. The van der Waals surface area contributed by atoms with Gasteiger partial charge in [-0.2, -0.15) is 0 Å². The molecule has 0 fully saturated rings. The summed E-state index contributed by atoms with van der Waals surface area (Å²) in [5.74, 6) is 0.881. The predicted octanol–water partition coefficient (Wildman–Crippen LogP) is 5.52. The monoisotopic (exact) mass is 312 g/mol. The van der Waals surface area contributed by atoms with Crippen LogP contribution in [-0.4, -0.2) is 8.07 Å². The van der Waals surface area contributed by atoms with Crippen LogP contribution in [0.1, 0.15) is 81.5 Å². The molecule has 1 aromatic carbocycles. The van der Waals surface area contributed by atoms with Crippen LogP contribution in [0.15, 0.2) is 6.07 Å². The first-order valence-electron chi connectivity index (χ1n) is 9.35. The molecule has 120 valence electrons. The summed E-state index contributed by atoms with van der Waals surface area (Å²) in [6, 6.07) is 5.68. The zero-order valence-corrected chi connectivity index (χ0v) is 16.4. The Balaban J connectivity index is 2.12. The van der Waals surface area contributed by atoms with Crippen molar-refractivity contribution in [2.24, 2.45) is 0 Å². The van der Waals surface area contributed by atoms with Crippen LogP contribution in [0, 0.1) is 6.92 Å². The molecule has 0 radical (unpaired) electrons. The smallest absolute Gasteiger partial charge is 0.0652 e. The van der Waals surface area contributed by atoms with E-state index in [4.69, 9.17) is 0 Å². The van der Waals surface area contributed by atoms with E-state index in [1.54, 1.807) is 22.7 Å². The first kappa shape index (κ1) is 15.0. The van der Waals surface area contributed by atoms with Crippen molar-refractivity contribution in [3.05, 3.63) is 28.3 Å². The van der Waals surface area contributed by atoms with Crippen molar-refractivity contribution >= 4 is 13.3 Å². The number of hydrogen-bond donors (Lipinski definition) is 0. The fraction of sp³-hybridized carbons (Fsp3) is 0.714. The lowest BCUT2D eigenvalue weighted by Crippen LogP contribution is -2.58. The van der Waals surface area contributed by atoms with Gasteiger partial charge in [0.05, 0.1) is 8.07 Å². The Hall–Kier alpha value is -0.563. The summed E-state index contributed by atoms with van der Waals surface area (Å²) in [5, 5.41) is 1.95. The van der Waals surface area contributed by atoms with Crippen LogP contribution < -0.4 is 5.19 Å². The number of hydrogen-bond acceptors (Lipinski definition) is 0. The first-order valence-corrected chi connectivity index (χ1v) is 12.3. The highest BCUT2D eigenvalue weighted by Crippen LogP contribution is 2.52. The van der Waals surface area contributed by atoms with E-state index in [1.807, 2.05) is 10.8 Å². The fourth-order valence-electron chi connectivity index (χ4n) is 6.00. The van der Waals surface area contributed by atoms with Gasteiger partial charge in [0.25, 0.3) is 0 Å². The van der Waals surface area contributed by atoms with Gasteiger partial charge in [0.2, 0.25) is 0 Å². The third kappa shape index (κ3) is 1.81. The minimum absolute atomic E-state index is 0.389. The molecule has 22 heavy (non-hydrogen) atoms. The van der Waals surface area contributed by atoms with Gasteiger partial charge < -0.3 is 0 Å². The molecule has 0 spiro atoms. The highest BCUT2D eigenvalue weighted by Gasteiger charge is 2.49. The largest absolute Gasteiger partial charge is 0.0845 e. The molecule has 2 aliphatic heterocycles. The summed E-state index contributed by atoms with van der Waals surface area (Å²) in [7, 11) is -1.23. The molecule has 3 aliphatic rings. The van der Waals surface area contributed by atoms with E-state index in [0.29, 0.717) is 10.8 Å². The number of benzene rings is 1. The summed E-state index contributed by atoms with van der Waals surface area (Å²) < 4.78 is 0. The second-order valence-corrected chi connectivity index (χ2v) is 14.6. The van der Waals surface area contributed by atoms with Crippen molar-refractivity contribution in [1.82, 2.24) is 0 Å². The van der Waals surface area contributed by atoms with Gasteiger partial charge in [-0.05, 0) is 71.6 Å². The Morgan fingerprint density at radius 3 is 2.45 bits per heavy atom. The van der Waals surface area contributed by atoms with Crippen molar-refractivity contribution in [3.63, 3.8) is 0 Å². The van der Waals surface area contributed by atoms with Crippen molar-refractivity contribution in [3.8, 4) is 0 Å². The Labute approximate surface area is 137 Å². The van der Waals surface area contributed by atoms with E-state index in [2.05, 4.69) is 47.2 Å². The standard InChI is InChI=1S/C21H32Si/c1-14-13-16-17-15(7-9-20(16,2)3)8-11-22(6)12-10-21(4,5)18(14)19(17)22/h13,15H,7-12H2,1-6H3. The summed E-state index contributed by atoms with van der Waals surface area (Å²) in [4.78, 5) is 0. The maximum Gasteiger partial charge on any atom is 0.0845 e. The van der Waals surface area contributed by atoms with Gasteiger partial charge in [0.15, 0.2) is 0 Å². The normalized spacial score (nSPS) is 34.2. The van der Waals surface area contributed by atoms with Crippen LogP contribution >= 0.6 is 0 Å². The van der Waals surface area contributed by atoms with Gasteiger partial charge >= 0.3 is 0 Å². The van der Waals surface area contributed by atoms with Crippen LogP contribution in [-0.2, 0) is 10.8 Å². The molecule has 0 bridgehead atoms. The fourth-order valence-corrected chi connectivity index (χ4v) is 11.0. The lowest BCUT2D eigenvalue weighted by molar-refractivity contribution is 0.381. The van der Waals surface area contributed by atoms with Crippen LogP contribution in [0.5, 0.6) is 0 Å². The van der Waals surface area contributed by atoms with Gasteiger partial charge in [-0.25, -0.2) is 0 Å². The van der Waals surface area contributed by atoms with Gasteiger partial charge in [0.1, 0.15) is 0 Å². The van der Waals surface area contributed by atoms with Crippen molar-refractivity contribution in [2.75, 3.05) is 0 Å². The molecule has 2 heterocycles. The van der Waals surface area contributed by atoms with Crippen molar-refractivity contribution < 1.29 is 0 Å². The van der Waals surface area contributed by atoms with Gasteiger partial charge in [0, 0.05) is 0 Å². The molecule has 1 heteroatoms. The molecule has 0 N–H and O–H groups in total. The molecule has 2 unspecified atom stereocenters. The van der Waals surface area contributed by atoms with E-state index in [9.17, 15) is 0 Å². The van der Waals surface area contributed by atoms with Crippen LogP contribution in [0.2, 0.25) is 18.6 Å². The van der Waals surface area contributed by atoms with E-state index in [0.717, 1.165) is 5.92 Å². The molecule has 2 atom stereocenters. The van der Waals surface area contributed by atoms with Crippen LogP contribution in [0.4, 0.5) is 0 Å². The Kier molecular flexibility index (Phi) is 2.92. The topological polar surface area (TPSA) is 0 Å². The Morgan fingerprint density at radius 2 is 1.73 bits per heavy atom. The second-order valence-electron chi connectivity index (χ2n) is 10.0. The molecule has 0 aromatic heterocycles. The number of aryl methyl sites for hydroxylation is 1. The minimum atomic E-state index is -1.23. The molecule has 0 saturated heterocycles. The van der Waals surface area contributed by atoms with Crippen LogP contribution in [0.3, 0.4) is 0 Å². The lowest BCUT2D eigenvalue weighted by atomic mass is 9.65. The van der Waals surface area contributed by atoms with Crippen molar-refractivity contribution in [1.29, 1.82) is 0 Å². The Morgan fingerprint density at radius 1 is 1.00 bits per heavy atom. The molecule has 0 saturated carbocycles. The lowest BCUT2D eigenvalue weighted by Gasteiger charge is -2.52. The average Bonchev–Trinajstić information content (AvgIpc) is 2.42. The van der Waals surface area contributed by atoms with Crippen molar-refractivity contribution in [2.45, 2.75) is 95.7 Å². The SMILES string of the molecule is Cc1cc2c3c4c1C(C)(C)CC[Si]4(C)CCC3CCC2(C)C. The minimum Gasteiger partial charge on any atom is -0.0652 e. The maximum absolute atomic E-state index is 2.71. The summed E-state index contributed by atoms with van der Waals surface area (Å²) in [6.07, 6.45) is 5.71. The van der Waals surface area contributed by atoms with E-state index in [-0.39, 0.29) is 0 Å². The highest BCUT2D eigenvalue weighted by molar-refractivity contribution is 6.92. The summed E-state index contributed by atoms with van der Waals surface area (Å²) in [6.45, 7) is 15.1. The molecule has 1 aromatic rings. The molecule has 0 amide bonds. The highest BCUT2D eigenvalue weighted by atomic mass is 28.3. The third-order valence-corrected chi connectivity index (χ3v) is 11.9. The molecular weight excluding hydrogens is 280 g/mol. The van der Waals surface area contributed by atoms with Crippen LogP contribution in [0.25, 0.3) is 0 Å². The zero-order valence-electron chi connectivity index (χ0n) is 15.4. The van der Waals surface area contributed by atoms with Gasteiger partial charge in [-0.1, -0.05) is 57.6 Å². The zero-order chi connectivity index (χ0) is 15.9. The maximum atomic E-state index is 2.71. The molecular formula is C21H32Si. The number of rotatable bonds is 0. The van der Waals surface area contributed by atoms with E-state index < -0.39 is 8.07 Å². The predicted molar refractivity (Wildman–Crippen MR) is 99.3 cm³/mol. The molecule has 0 nitrogen and oxygen atoms in total. The van der Waals surface area contributed by atoms with E-state index in [1.165, 1.54) is 31.7 Å².